The molecule has 16 heavy (non-hydrogen) atoms. The molecule has 0 aliphatic carbocycles. The highest BCUT2D eigenvalue weighted by molar-refractivity contribution is 7.52. The van der Waals surface area contributed by atoms with Gasteiger partial charge in [0.1, 0.15) is 0 Å². The second kappa shape index (κ2) is 10.3. The highest BCUT2D eigenvalue weighted by Gasteiger charge is 2.12. The molecule has 4 heteroatoms. The van der Waals surface area contributed by atoms with Gasteiger partial charge in [0.25, 0.3) is 0 Å². The fourth-order valence-electron chi connectivity index (χ4n) is 1.52. The minimum Gasteiger partial charge on any atom is -0.312 e. The summed E-state index contributed by atoms with van der Waals surface area (Å²) in [6.45, 7) is 4.30. The van der Waals surface area contributed by atoms with Crippen LogP contribution in [-0.2, 0) is 13.6 Å². The third-order valence-electron chi connectivity index (χ3n) is 2.66. The van der Waals surface area contributed by atoms with Crippen molar-refractivity contribution in [1.82, 2.24) is 0 Å². The van der Waals surface area contributed by atoms with Gasteiger partial charge in [-0.05, 0) is 6.42 Å². The fraction of sp³-hybridized carbons (Fsp3) is 1.00. The topological polar surface area (TPSA) is 35.5 Å². The molecule has 0 spiro atoms. The first-order valence-corrected chi connectivity index (χ1v) is 8.39. The second-order valence-electron chi connectivity index (χ2n) is 4.26. The van der Waals surface area contributed by atoms with E-state index < -0.39 is 7.60 Å². The Labute approximate surface area is 100 Å². The summed E-state index contributed by atoms with van der Waals surface area (Å²) in [6.07, 6.45) is 10.1. The molecule has 0 aromatic heterocycles. The number of rotatable bonds is 11. The summed E-state index contributed by atoms with van der Waals surface area (Å²) in [5.41, 5.74) is 0. The molecule has 0 saturated carbocycles. The van der Waals surface area contributed by atoms with Gasteiger partial charge in [0.2, 0.25) is 0 Å². The Kier molecular flexibility index (Phi) is 10.4. The molecular weight excluding hydrogens is 223 g/mol. The van der Waals surface area contributed by atoms with Crippen molar-refractivity contribution >= 4 is 7.60 Å². The SMILES string of the molecule is CCCCCCCCCCOP(C)(=O)OC. The first-order valence-electron chi connectivity index (χ1n) is 6.40. The molecule has 0 heterocycles. The summed E-state index contributed by atoms with van der Waals surface area (Å²) in [7, 11) is -1.32. The van der Waals surface area contributed by atoms with E-state index in [1.807, 2.05) is 0 Å². The van der Waals surface area contributed by atoms with Crippen molar-refractivity contribution in [2.24, 2.45) is 0 Å². The van der Waals surface area contributed by atoms with Crippen molar-refractivity contribution < 1.29 is 13.6 Å². The van der Waals surface area contributed by atoms with Gasteiger partial charge < -0.3 is 9.05 Å². The number of hydrogen-bond acceptors (Lipinski definition) is 3. The Balaban J connectivity index is 3.13. The van der Waals surface area contributed by atoms with Crippen LogP contribution in [-0.4, -0.2) is 20.4 Å². The van der Waals surface area contributed by atoms with Gasteiger partial charge in [-0.25, -0.2) is 0 Å². The molecular formula is C12H27O3P. The van der Waals surface area contributed by atoms with Crippen LogP contribution >= 0.6 is 7.60 Å². The summed E-state index contributed by atoms with van der Waals surface area (Å²) in [5.74, 6) is 0. The van der Waals surface area contributed by atoms with Crippen LogP contribution in [0.15, 0.2) is 0 Å². The minimum absolute atomic E-state index is 0.552. The van der Waals surface area contributed by atoms with Crippen LogP contribution in [0, 0.1) is 0 Å². The molecule has 0 amide bonds. The largest absolute Gasteiger partial charge is 0.327 e. The molecule has 0 bridgehead atoms. The Morgan fingerprint density at radius 1 is 0.938 bits per heavy atom. The Morgan fingerprint density at radius 2 is 1.44 bits per heavy atom. The monoisotopic (exact) mass is 250 g/mol. The Hall–Kier alpha value is 0.150. The maximum atomic E-state index is 11.3. The molecule has 0 fully saturated rings. The molecule has 1 atom stereocenters. The zero-order valence-corrected chi connectivity index (χ0v) is 11.9. The molecule has 0 aliphatic heterocycles. The van der Waals surface area contributed by atoms with Crippen LogP contribution in [0.2, 0.25) is 0 Å². The van der Waals surface area contributed by atoms with E-state index in [-0.39, 0.29) is 0 Å². The molecule has 0 aromatic rings. The van der Waals surface area contributed by atoms with Crippen molar-refractivity contribution in [3.8, 4) is 0 Å². The molecule has 1 unspecified atom stereocenters. The van der Waals surface area contributed by atoms with Gasteiger partial charge in [-0.2, -0.15) is 0 Å². The van der Waals surface area contributed by atoms with Gasteiger partial charge in [0, 0.05) is 13.8 Å². The zero-order chi connectivity index (χ0) is 12.3. The lowest BCUT2D eigenvalue weighted by molar-refractivity contribution is 0.233. The molecule has 98 valence electrons. The van der Waals surface area contributed by atoms with Crippen LogP contribution in [0.5, 0.6) is 0 Å². The lowest BCUT2D eigenvalue weighted by Gasteiger charge is -2.10. The van der Waals surface area contributed by atoms with Gasteiger partial charge in [0.15, 0.2) is 0 Å². The molecule has 0 saturated heterocycles. The third-order valence-corrected chi connectivity index (χ3v) is 3.97. The van der Waals surface area contributed by atoms with Crippen molar-refractivity contribution in [2.75, 3.05) is 20.4 Å². The van der Waals surface area contributed by atoms with Crippen molar-refractivity contribution in [2.45, 2.75) is 58.3 Å². The quantitative estimate of drug-likeness (QED) is 0.396. The van der Waals surface area contributed by atoms with Crippen LogP contribution in [0.25, 0.3) is 0 Å². The summed E-state index contributed by atoms with van der Waals surface area (Å²) in [6, 6.07) is 0. The van der Waals surface area contributed by atoms with Crippen LogP contribution in [0.3, 0.4) is 0 Å². The Bertz CT molecular complexity index is 195. The average molecular weight is 250 g/mol. The minimum atomic E-state index is -2.74. The maximum absolute atomic E-state index is 11.3. The number of hydrogen-bond donors (Lipinski definition) is 0. The lowest BCUT2D eigenvalue weighted by atomic mass is 10.1. The fourth-order valence-corrected chi connectivity index (χ4v) is 2.09. The van der Waals surface area contributed by atoms with Gasteiger partial charge in [-0.15, -0.1) is 0 Å². The van der Waals surface area contributed by atoms with E-state index in [9.17, 15) is 4.57 Å². The summed E-state index contributed by atoms with van der Waals surface area (Å²) in [5, 5.41) is 0. The summed E-state index contributed by atoms with van der Waals surface area (Å²) >= 11 is 0. The van der Waals surface area contributed by atoms with E-state index in [0.717, 1.165) is 12.8 Å². The van der Waals surface area contributed by atoms with E-state index in [4.69, 9.17) is 9.05 Å². The molecule has 3 nitrogen and oxygen atoms in total. The summed E-state index contributed by atoms with van der Waals surface area (Å²) < 4.78 is 21.2. The summed E-state index contributed by atoms with van der Waals surface area (Å²) in [4.78, 5) is 0. The third kappa shape index (κ3) is 10.7. The normalized spacial score (nSPS) is 14.9. The highest BCUT2D eigenvalue weighted by Crippen LogP contribution is 2.42. The van der Waals surface area contributed by atoms with E-state index >= 15 is 0 Å². The second-order valence-corrected chi connectivity index (χ2v) is 6.43. The van der Waals surface area contributed by atoms with Crippen molar-refractivity contribution in [1.29, 1.82) is 0 Å². The van der Waals surface area contributed by atoms with Crippen LogP contribution in [0.4, 0.5) is 0 Å². The first kappa shape index (κ1) is 16.1. The molecule has 0 N–H and O–H groups in total. The van der Waals surface area contributed by atoms with Gasteiger partial charge in [-0.3, -0.25) is 4.57 Å². The highest BCUT2D eigenvalue weighted by atomic mass is 31.2. The molecule has 0 radical (unpaired) electrons. The van der Waals surface area contributed by atoms with Crippen molar-refractivity contribution in [3.63, 3.8) is 0 Å². The van der Waals surface area contributed by atoms with E-state index in [1.165, 1.54) is 52.3 Å². The maximum Gasteiger partial charge on any atom is 0.327 e. The Morgan fingerprint density at radius 3 is 1.94 bits per heavy atom. The standard InChI is InChI=1S/C12H27O3P/c1-4-5-6-7-8-9-10-11-12-15-16(3,13)14-2/h4-12H2,1-3H3. The first-order chi connectivity index (χ1) is 7.62. The number of unbranched alkanes of at least 4 members (excludes halogenated alkanes) is 7. The van der Waals surface area contributed by atoms with E-state index in [0.29, 0.717) is 6.61 Å². The molecule has 0 aromatic carbocycles. The van der Waals surface area contributed by atoms with E-state index in [2.05, 4.69) is 6.92 Å². The van der Waals surface area contributed by atoms with Crippen LogP contribution < -0.4 is 0 Å². The van der Waals surface area contributed by atoms with Crippen molar-refractivity contribution in [3.05, 3.63) is 0 Å². The smallest absolute Gasteiger partial charge is 0.312 e. The van der Waals surface area contributed by atoms with E-state index in [1.54, 1.807) is 0 Å². The predicted molar refractivity (Wildman–Crippen MR) is 69.1 cm³/mol. The lowest BCUT2D eigenvalue weighted by Crippen LogP contribution is -1.94. The molecule has 0 aliphatic rings. The molecule has 0 rings (SSSR count). The van der Waals surface area contributed by atoms with Gasteiger partial charge >= 0.3 is 7.60 Å². The van der Waals surface area contributed by atoms with Gasteiger partial charge in [-0.1, -0.05) is 51.9 Å². The average Bonchev–Trinajstić information content (AvgIpc) is 2.27. The predicted octanol–water partition coefficient (Wildman–Crippen LogP) is 4.61. The zero-order valence-electron chi connectivity index (χ0n) is 11.0. The van der Waals surface area contributed by atoms with Crippen LogP contribution in [0.1, 0.15) is 58.3 Å². The van der Waals surface area contributed by atoms with Gasteiger partial charge in [0.05, 0.1) is 6.61 Å².